The van der Waals surface area contributed by atoms with Gasteiger partial charge in [0.25, 0.3) is 0 Å². The van der Waals surface area contributed by atoms with Crippen molar-refractivity contribution in [3.05, 3.63) is 29.0 Å². The molecule has 116 valence electrons. The second-order valence-corrected chi connectivity index (χ2v) is 6.36. The third-order valence-corrected chi connectivity index (χ3v) is 4.78. The fourth-order valence-corrected chi connectivity index (χ4v) is 3.44. The molecule has 0 bridgehead atoms. The molecule has 1 N–H and O–H groups in total. The molecule has 2 fully saturated rings. The number of hydrogen-bond acceptors (Lipinski definition) is 3. The predicted molar refractivity (Wildman–Crippen MR) is 82.2 cm³/mol. The number of hydrogen-bond donors (Lipinski definition) is 1. The van der Waals surface area contributed by atoms with Crippen LogP contribution >= 0.6 is 0 Å². The van der Waals surface area contributed by atoms with Gasteiger partial charge in [-0.05, 0) is 56.7 Å². The van der Waals surface area contributed by atoms with E-state index in [1.54, 1.807) is 6.07 Å². The summed E-state index contributed by atoms with van der Waals surface area (Å²) in [5.41, 5.74) is 3.27. The highest BCUT2D eigenvalue weighted by Gasteiger charge is 2.32. The molecule has 1 aromatic carbocycles. The molecule has 4 rings (SSSR count). The minimum atomic E-state index is -0.872. The van der Waals surface area contributed by atoms with Gasteiger partial charge in [-0.25, -0.2) is 9.48 Å². The van der Waals surface area contributed by atoms with Crippen LogP contribution in [0.3, 0.4) is 0 Å². The van der Waals surface area contributed by atoms with E-state index in [0.717, 1.165) is 60.9 Å². The van der Waals surface area contributed by atoms with Crippen LogP contribution in [0.5, 0.6) is 0 Å². The summed E-state index contributed by atoms with van der Waals surface area (Å²) < 4.78 is 7.87. The maximum Gasteiger partial charge on any atom is 0.335 e. The smallest absolute Gasteiger partial charge is 0.335 e. The van der Waals surface area contributed by atoms with Crippen LogP contribution in [0.1, 0.15) is 65.9 Å². The van der Waals surface area contributed by atoms with Crippen molar-refractivity contribution in [3.8, 4) is 0 Å². The first-order chi connectivity index (χ1) is 10.7. The zero-order chi connectivity index (χ0) is 15.3. The van der Waals surface area contributed by atoms with Crippen LogP contribution in [0.4, 0.5) is 0 Å². The van der Waals surface area contributed by atoms with Gasteiger partial charge in [-0.1, -0.05) is 0 Å². The number of carboxylic acid groups (broad SMARTS) is 1. The third-order valence-electron chi connectivity index (χ3n) is 4.78. The maximum atomic E-state index is 11.4. The Morgan fingerprint density at radius 3 is 2.77 bits per heavy atom. The summed E-state index contributed by atoms with van der Waals surface area (Å²) in [7, 11) is 0. The number of ether oxygens (including phenoxy) is 1. The van der Waals surface area contributed by atoms with Crippen LogP contribution in [0.25, 0.3) is 10.9 Å². The molecule has 1 saturated carbocycles. The van der Waals surface area contributed by atoms with Crippen LogP contribution in [0.2, 0.25) is 0 Å². The standard InChI is InChI=1S/C17H20N2O3/c1-10-12(17(20)21)7-8-13-15(10)16(11-5-6-11)18-19(13)14-4-2-3-9-22-14/h7-8,11,14H,2-6,9H2,1H3,(H,20,21). The number of benzene rings is 1. The van der Waals surface area contributed by atoms with Crippen molar-refractivity contribution in [2.75, 3.05) is 6.61 Å². The van der Waals surface area contributed by atoms with Crippen LogP contribution in [0.15, 0.2) is 12.1 Å². The monoisotopic (exact) mass is 300 g/mol. The van der Waals surface area contributed by atoms with Gasteiger partial charge in [0.05, 0.1) is 16.8 Å². The third kappa shape index (κ3) is 2.11. The van der Waals surface area contributed by atoms with Gasteiger partial charge in [-0.15, -0.1) is 0 Å². The number of carboxylic acids is 1. The first-order valence-electron chi connectivity index (χ1n) is 8.03. The lowest BCUT2D eigenvalue weighted by Gasteiger charge is -2.23. The number of nitrogens with zero attached hydrogens (tertiary/aromatic N) is 2. The summed E-state index contributed by atoms with van der Waals surface area (Å²) in [6, 6.07) is 3.58. The zero-order valence-corrected chi connectivity index (χ0v) is 12.7. The molecular weight excluding hydrogens is 280 g/mol. The Morgan fingerprint density at radius 2 is 2.14 bits per heavy atom. The highest BCUT2D eigenvalue weighted by atomic mass is 16.5. The van der Waals surface area contributed by atoms with Crippen molar-refractivity contribution in [1.29, 1.82) is 0 Å². The quantitative estimate of drug-likeness (QED) is 0.940. The predicted octanol–water partition coefficient (Wildman–Crippen LogP) is 3.62. The van der Waals surface area contributed by atoms with Gasteiger partial charge >= 0.3 is 5.97 Å². The molecule has 2 heterocycles. The topological polar surface area (TPSA) is 64.3 Å². The molecule has 0 spiro atoms. The van der Waals surface area contributed by atoms with E-state index in [-0.39, 0.29) is 6.23 Å². The Kier molecular flexibility index (Phi) is 3.18. The fourth-order valence-electron chi connectivity index (χ4n) is 3.44. The molecule has 1 unspecified atom stereocenters. The largest absolute Gasteiger partial charge is 0.478 e. The molecule has 2 aromatic rings. The van der Waals surface area contributed by atoms with E-state index in [9.17, 15) is 9.90 Å². The summed E-state index contributed by atoms with van der Waals surface area (Å²) >= 11 is 0. The molecule has 0 amide bonds. The molecular formula is C17H20N2O3. The fraction of sp³-hybridized carbons (Fsp3) is 0.529. The Hall–Kier alpha value is -1.88. The summed E-state index contributed by atoms with van der Waals surface area (Å²) in [5.74, 6) is -0.391. The normalized spacial score (nSPS) is 22.1. The van der Waals surface area contributed by atoms with Crippen molar-refractivity contribution in [3.63, 3.8) is 0 Å². The highest BCUT2D eigenvalue weighted by molar-refractivity contribution is 5.98. The zero-order valence-electron chi connectivity index (χ0n) is 12.7. The summed E-state index contributed by atoms with van der Waals surface area (Å²) in [6.45, 7) is 2.67. The number of carbonyl (C=O) groups is 1. The van der Waals surface area contributed by atoms with E-state index in [4.69, 9.17) is 9.84 Å². The van der Waals surface area contributed by atoms with E-state index in [1.165, 1.54) is 0 Å². The van der Waals surface area contributed by atoms with Crippen LogP contribution in [0, 0.1) is 6.92 Å². The first-order valence-corrected chi connectivity index (χ1v) is 8.03. The molecule has 1 aromatic heterocycles. The van der Waals surface area contributed by atoms with Gasteiger partial charge in [-0.2, -0.15) is 5.10 Å². The lowest BCUT2D eigenvalue weighted by Crippen LogP contribution is -2.19. The van der Waals surface area contributed by atoms with E-state index >= 15 is 0 Å². The van der Waals surface area contributed by atoms with Gasteiger partial charge in [0, 0.05) is 17.9 Å². The summed E-state index contributed by atoms with van der Waals surface area (Å²) in [5, 5.41) is 15.2. The molecule has 22 heavy (non-hydrogen) atoms. The maximum absolute atomic E-state index is 11.4. The van der Waals surface area contributed by atoms with Crippen molar-refractivity contribution < 1.29 is 14.6 Å². The Labute approximate surface area is 128 Å². The van der Waals surface area contributed by atoms with Gasteiger partial charge in [0.15, 0.2) is 6.23 Å². The summed E-state index contributed by atoms with van der Waals surface area (Å²) in [4.78, 5) is 11.4. The van der Waals surface area contributed by atoms with E-state index < -0.39 is 5.97 Å². The highest BCUT2D eigenvalue weighted by Crippen LogP contribution is 2.44. The molecule has 1 aliphatic carbocycles. The van der Waals surface area contributed by atoms with Crippen molar-refractivity contribution in [2.24, 2.45) is 0 Å². The molecule has 0 radical (unpaired) electrons. The van der Waals surface area contributed by atoms with Crippen molar-refractivity contribution in [2.45, 2.75) is 51.2 Å². The number of fused-ring (bicyclic) bond motifs is 1. The van der Waals surface area contributed by atoms with Crippen molar-refractivity contribution >= 4 is 16.9 Å². The van der Waals surface area contributed by atoms with E-state index in [0.29, 0.717) is 11.5 Å². The Bertz CT molecular complexity index is 740. The molecule has 5 nitrogen and oxygen atoms in total. The second kappa shape index (κ2) is 5.09. The lowest BCUT2D eigenvalue weighted by atomic mass is 10.0. The first kappa shape index (κ1) is 13.8. The SMILES string of the molecule is Cc1c(C(=O)O)ccc2c1c(C1CC1)nn2C1CCCCO1. The lowest BCUT2D eigenvalue weighted by molar-refractivity contribution is -0.0368. The Balaban J connectivity index is 1.91. The summed E-state index contributed by atoms with van der Waals surface area (Å²) in [6.07, 6.45) is 5.51. The average Bonchev–Trinajstić information content (AvgIpc) is 3.29. The Morgan fingerprint density at radius 1 is 1.32 bits per heavy atom. The van der Waals surface area contributed by atoms with Gasteiger partial charge < -0.3 is 9.84 Å². The van der Waals surface area contributed by atoms with E-state index in [1.807, 2.05) is 17.7 Å². The van der Waals surface area contributed by atoms with Crippen LogP contribution in [-0.4, -0.2) is 27.5 Å². The van der Waals surface area contributed by atoms with Crippen LogP contribution < -0.4 is 0 Å². The van der Waals surface area contributed by atoms with Gasteiger partial charge in [0.1, 0.15) is 0 Å². The minimum Gasteiger partial charge on any atom is -0.478 e. The van der Waals surface area contributed by atoms with Crippen LogP contribution in [-0.2, 0) is 4.74 Å². The van der Waals surface area contributed by atoms with Crippen molar-refractivity contribution in [1.82, 2.24) is 9.78 Å². The van der Waals surface area contributed by atoms with Gasteiger partial charge in [0.2, 0.25) is 0 Å². The molecule has 1 saturated heterocycles. The number of aromatic carboxylic acids is 1. The molecule has 1 atom stereocenters. The number of rotatable bonds is 3. The molecule has 2 aliphatic rings. The van der Waals surface area contributed by atoms with E-state index in [2.05, 4.69) is 0 Å². The average molecular weight is 300 g/mol. The molecule has 1 aliphatic heterocycles. The van der Waals surface area contributed by atoms with Gasteiger partial charge in [-0.3, -0.25) is 0 Å². The second-order valence-electron chi connectivity index (χ2n) is 6.36. The number of aryl methyl sites for hydroxylation is 1. The minimum absolute atomic E-state index is 0.0150. The number of aromatic nitrogens is 2. The molecule has 5 heteroatoms.